The van der Waals surface area contributed by atoms with E-state index in [1.54, 1.807) is 21.9 Å². The van der Waals surface area contributed by atoms with Crippen LogP contribution >= 0.6 is 0 Å². The van der Waals surface area contributed by atoms with E-state index in [2.05, 4.69) is 9.97 Å². The summed E-state index contributed by atoms with van der Waals surface area (Å²) in [7, 11) is 0. The van der Waals surface area contributed by atoms with E-state index >= 15 is 0 Å². The molecule has 0 atom stereocenters. The normalized spacial score (nSPS) is 13.7. The average molecular weight is 578 g/mol. The molecule has 2 heterocycles. The molecule has 3 aromatic carbocycles. The molecule has 0 unspecified atom stereocenters. The van der Waals surface area contributed by atoms with Gasteiger partial charge in [0, 0.05) is 37.2 Å². The molecule has 7 nitrogen and oxygen atoms in total. The quantitative estimate of drug-likeness (QED) is 0.284. The number of benzene rings is 3. The summed E-state index contributed by atoms with van der Waals surface area (Å²) in [5, 5.41) is 0. The minimum absolute atomic E-state index is 0.121. The van der Waals surface area contributed by atoms with E-state index in [0.717, 1.165) is 40.1 Å². The maximum absolute atomic E-state index is 14.0. The van der Waals surface area contributed by atoms with Crippen LogP contribution in [0.4, 0.5) is 18.0 Å². The number of nitrogens with two attached hydrogens (primary N) is 1. The van der Waals surface area contributed by atoms with Crippen molar-refractivity contribution >= 4 is 23.0 Å². The first kappa shape index (κ1) is 29.2. The Hall–Kier alpha value is -4.34. The fourth-order valence-electron chi connectivity index (χ4n) is 5.60. The first-order chi connectivity index (χ1) is 19.7. The summed E-state index contributed by atoms with van der Waals surface area (Å²) in [5.41, 5.74) is 9.94. The number of carbonyl (C=O) groups excluding carboxylic acids is 2. The van der Waals surface area contributed by atoms with Crippen molar-refractivity contribution < 1.29 is 22.8 Å². The van der Waals surface area contributed by atoms with E-state index in [0.29, 0.717) is 42.6 Å². The van der Waals surface area contributed by atoms with E-state index in [9.17, 15) is 22.8 Å². The lowest BCUT2D eigenvalue weighted by molar-refractivity contribution is -0.137. The largest absolute Gasteiger partial charge is 0.416 e. The van der Waals surface area contributed by atoms with Crippen molar-refractivity contribution in [2.24, 2.45) is 5.73 Å². The van der Waals surface area contributed by atoms with Gasteiger partial charge in [-0.15, -0.1) is 0 Å². The highest BCUT2D eigenvalue weighted by Crippen LogP contribution is 2.37. The van der Waals surface area contributed by atoms with E-state index in [-0.39, 0.29) is 18.1 Å². The number of hydrogen-bond donors (Lipinski definition) is 2. The number of halogens is 3. The van der Waals surface area contributed by atoms with E-state index < -0.39 is 23.2 Å². The molecule has 0 radical (unpaired) electrons. The zero-order valence-electron chi connectivity index (χ0n) is 24.1. The first-order valence-corrected chi connectivity index (χ1v) is 13.9. The Kier molecular flexibility index (Phi) is 7.51. The minimum atomic E-state index is -4.48. The summed E-state index contributed by atoms with van der Waals surface area (Å²) >= 11 is 0. The topological polar surface area (TPSA) is 95.3 Å². The van der Waals surface area contributed by atoms with Gasteiger partial charge in [0.15, 0.2) is 0 Å². The second kappa shape index (κ2) is 10.8. The highest BCUT2D eigenvalue weighted by molar-refractivity contribution is 5.96. The SMILES string of the molecule is Cc1ccc2nc(CCN(C(=O)N3CCc4c(-c5cccc(C(F)(F)F)c5)ccc(C(N)=O)c4C3)C(C)(C)C)[nH]c2c1. The Labute approximate surface area is 242 Å². The van der Waals surface area contributed by atoms with Gasteiger partial charge in [0.1, 0.15) is 5.82 Å². The number of imidazole rings is 1. The number of aromatic nitrogens is 2. The standard InChI is InChI=1S/C32H34F3N5O2/c1-19-8-11-26-27(16-19)38-28(37-26)13-15-40(31(2,3)4)30(42)39-14-12-23-22(9-10-24(29(36)41)25(23)18-39)20-6-5-7-21(17-20)32(33,34)35/h5-11,16-17H,12-15,18H2,1-4H3,(H2,36,41)(H,37,38). The van der Waals surface area contributed by atoms with Crippen molar-refractivity contribution in [3.63, 3.8) is 0 Å². The molecule has 220 valence electrons. The lowest BCUT2D eigenvalue weighted by Crippen LogP contribution is -2.53. The number of alkyl halides is 3. The smallest absolute Gasteiger partial charge is 0.366 e. The lowest BCUT2D eigenvalue weighted by atomic mass is 9.87. The minimum Gasteiger partial charge on any atom is -0.366 e. The monoisotopic (exact) mass is 577 g/mol. The Morgan fingerprint density at radius 2 is 1.81 bits per heavy atom. The first-order valence-electron chi connectivity index (χ1n) is 13.9. The third-order valence-electron chi connectivity index (χ3n) is 7.75. The van der Waals surface area contributed by atoms with Gasteiger partial charge in [-0.3, -0.25) is 4.79 Å². The number of rotatable bonds is 5. The van der Waals surface area contributed by atoms with Gasteiger partial charge in [-0.05, 0) is 92.3 Å². The Balaban J connectivity index is 1.43. The number of H-pyrrole nitrogens is 1. The molecule has 0 aliphatic carbocycles. The maximum Gasteiger partial charge on any atom is 0.416 e. The predicted molar refractivity (Wildman–Crippen MR) is 156 cm³/mol. The van der Waals surface area contributed by atoms with Crippen molar-refractivity contribution in [3.05, 3.63) is 88.2 Å². The number of urea groups is 1. The molecular formula is C32H34F3N5O2. The molecule has 1 aromatic heterocycles. The Morgan fingerprint density at radius 3 is 2.50 bits per heavy atom. The van der Waals surface area contributed by atoms with Gasteiger partial charge in [0.05, 0.1) is 16.6 Å². The number of amides is 3. The summed E-state index contributed by atoms with van der Waals surface area (Å²) in [4.78, 5) is 37.8. The predicted octanol–water partition coefficient (Wildman–Crippen LogP) is 6.48. The van der Waals surface area contributed by atoms with Crippen LogP contribution in [-0.4, -0.2) is 50.3 Å². The average Bonchev–Trinajstić information content (AvgIpc) is 3.32. The summed E-state index contributed by atoms with van der Waals surface area (Å²) in [5.74, 6) is 0.132. The number of primary amides is 1. The maximum atomic E-state index is 14.0. The molecule has 3 amide bonds. The van der Waals surface area contributed by atoms with Crippen LogP contribution < -0.4 is 5.73 Å². The van der Waals surface area contributed by atoms with Gasteiger partial charge in [-0.1, -0.05) is 24.3 Å². The summed E-state index contributed by atoms with van der Waals surface area (Å²) in [6.07, 6.45) is -3.59. The number of nitrogens with zero attached hydrogens (tertiary/aromatic N) is 3. The van der Waals surface area contributed by atoms with Crippen LogP contribution in [0.1, 0.15) is 59.2 Å². The number of hydrogen-bond acceptors (Lipinski definition) is 3. The Bertz CT molecular complexity index is 1670. The molecule has 1 aliphatic heterocycles. The number of aromatic amines is 1. The highest BCUT2D eigenvalue weighted by atomic mass is 19.4. The van der Waals surface area contributed by atoms with Gasteiger partial charge in [0.2, 0.25) is 5.91 Å². The molecule has 1 aliphatic rings. The van der Waals surface area contributed by atoms with Crippen LogP contribution in [0.2, 0.25) is 0 Å². The summed E-state index contributed by atoms with van der Waals surface area (Å²) in [6, 6.07) is 14.1. The molecule has 42 heavy (non-hydrogen) atoms. The second-order valence-electron chi connectivity index (χ2n) is 11.8. The third-order valence-corrected chi connectivity index (χ3v) is 7.75. The lowest BCUT2D eigenvalue weighted by Gasteiger charge is -2.41. The van der Waals surface area contributed by atoms with Crippen molar-refractivity contribution in [3.8, 4) is 11.1 Å². The molecule has 4 aromatic rings. The van der Waals surface area contributed by atoms with Crippen LogP contribution in [0, 0.1) is 6.92 Å². The molecule has 0 fully saturated rings. The molecule has 0 saturated carbocycles. The number of aryl methyl sites for hydroxylation is 1. The van der Waals surface area contributed by atoms with Crippen LogP contribution in [0.5, 0.6) is 0 Å². The Morgan fingerprint density at radius 1 is 1.05 bits per heavy atom. The summed E-state index contributed by atoms with van der Waals surface area (Å²) < 4.78 is 40.3. The van der Waals surface area contributed by atoms with Gasteiger partial charge >= 0.3 is 12.2 Å². The van der Waals surface area contributed by atoms with E-state index in [1.807, 2.05) is 45.9 Å². The molecule has 0 bridgehead atoms. The number of nitrogens with one attached hydrogen (secondary N) is 1. The van der Waals surface area contributed by atoms with Gasteiger partial charge in [-0.2, -0.15) is 13.2 Å². The van der Waals surface area contributed by atoms with Gasteiger partial charge in [-0.25, -0.2) is 9.78 Å². The zero-order valence-corrected chi connectivity index (χ0v) is 24.1. The van der Waals surface area contributed by atoms with E-state index in [1.165, 1.54) is 12.1 Å². The van der Waals surface area contributed by atoms with Crippen molar-refractivity contribution in [1.29, 1.82) is 0 Å². The van der Waals surface area contributed by atoms with Crippen LogP contribution in [0.15, 0.2) is 54.6 Å². The second-order valence-corrected chi connectivity index (χ2v) is 11.8. The molecular weight excluding hydrogens is 543 g/mol. The number of carbonyl (C=O) groups is 2. The zero-order chi connectivity index (χ0) is 30.4. The summed E-state index contributed by atoms with van der Waals surface area (Å²) in [6.45, 7) is 8.79. The van der Waals surface area contributed by atoms with Crippen molar-refractivity contribution in [2.75, 3.05) is 13.1 Å². The van der Waals surface area contributed by atoms with Gasteiger partial charge in [0.25, 0.3) is 0 Å². The fraction of sp³-hybridized carbons (Fsp3) is 0.344. The van der Waals surface area contributed by atoms with Crippen molar-refractivity contribution in [2.45, 2.75) is 58.8 Å². The molecule has 3 N–H and O–H groups in total. The molecule has 5 rings (SSSR count). The van der Waals surface area contributed by atoms with Crippen LogP contribution in [-0.2, 0) is 25.6 Å². The van der Waals surface area contributed by atoms with Gasteiger partial charge < -0.3 is 20.5 Å². The third kappa shape index (κ3) is 5.84. The van der Waals surface area contributed by atoms with Crippen molar-refractivity contribution in [1.82, 2.24) is 19.8 Å². The van der Waals surface area contributed by atoms with Crippen LogP contribution in [0.25, 0.3) is 22.2 Å². The van der Waals surface area contributed by atoms with E-state index in [4.69, 9.17) is 5.73 Å². The fourth-order valence-corrected chi connectivity index (χ4v) is 5.60. The molecule has 10 heteroatoms. The molecule has 0 spiro atoms. The molecule has 0 saturated heterocycles. The number of fused-ring (bicyclic) bond motifs is 2. The highest BCUT2D eigenvalue weighted by Gasteiger charge is 2.34. The van der Waals surface area contributed by atoms with Crippen LogP contribution in [0.3, 0.4) is 0 Å².